The number of fused-ring (bicyclic) bond motifs is 1. The molecule has 0 radical (unpaired) electrons. The maximum atomic E-state index is 12.3. The first-order chi connectivity index (χ1) is 24.5. The lowest BCUT2D eigenvalue weighted by atomic mass is 9.98. The van der Waals surface area contributed by atoms with Crippen molar-refractivity contribution in [3.8, 4) is 0 Å². The van der Waals surface area contributed by atoms with Crippen LogP contribution in [0.3, 0.4) is 0 Å². The molecule has 1 aliphatic heterocycles. The molecule has 0 bridgehead atoms. The van der Waals surface area contributed by atoms with Gasteiger partial charge in [0, 0.05) is 32.2 Å². The molecule has 2 aliphatic rings. The van der Waals surface area contributed by atoms with Crippen molar-refractivity contribution in [1.29, 1.82) is 0 Å². The van der Waals surface area contributed by atoms with Crippen molar-refractivity contribution in [2.24, 2.45) is 0 Å². The molecule has 290 valence electrons. The molecule has 0 amide bonds. The number of esters is 1. The van der Waals surface area contributed by atoms with Gasteiger partial charge in [0.2, 0.25) is 0 Å². The molecule has 50 heavy (non-hydrogen) atoms. The second-order valence-electron chi connectivity index (χ2n) is 15.7. The molecule has 2 fully saturated rings. The van der Waals surface area contributed by atoms with Crippen LogP contribution in [-0.4, -0.2) is 55.6 Å². The number of allylic oxidation sites excluding steroid dienone is 6. The predicted molar refractivity (Wildman–Crippen MR) is 214 cm³/mol. The molecular formula is C45H81NO4. The third-order valence-corrected chi connectivity index (χ3v) is 10.5. The first kappa shape index (κ1) is 44.7. The zero-order valence-corrected chi connectivity index (χ0v) is 33.5. The summed E-state index contributed by atoms with van der Waals surface area (Å²) >= 11 is 0. The summed E-state index contributed by atoms with van der Waals surface area (Å²) in [7, 11) is 3.97. The molecule has 1 saturated heterocycles. The number of unbranched alkanes of at least 4 members (excludes halogenated alkanes) is 19. The van der Waals surface area contributed by atoms with Crippen molar-refractivity contribution in [3.63, 3.8) is 0 Å². The average Bonchev–Trinajstić information content (AvgIpc) is 3.62. The number of carbonyl (C=O) groups excluding carboxylic acids is 1. The van der Waals surface area contributed by atoms with Gasteiger partial charge in [0.1, 0.15) is 6.10 Å². The van der Waals surface area contributed by atoms with E-state index in [2.05, 4.69) is 50.3 Å². The largest absolute Gasteiger partial charge is 0.462 e. The van der Waals surface area contributed by atoms with E-state index in [1.54, 1.807) is 0 Å². The number of rotatable bonds is 33. The van der Waals surface area contributed by atoms with Crippen molar-refractivity contribution in [3.05, 3.63) is 36.5 Å². The Bertz CT molecular complexity index is 882. The lowest BCUT2D eigenvalue weighted by Gasteiger charge is -2.30. The van der Waals surface area contributed by atoms with E-state index < -0.39 is 5.79 Å². The number of hydrogen-bond acceptors (Lipinski definition) is 5. The van der Waals surface area contributed by atoms with Gasteiger partial charge in [-0.3, -0.25) is 4.79 Å². The number of nitrogens with zero attached hydrogens (tertiary/aromatic N) is 1. The van der Waals surface area contributed by atoms with Crippen LogP contribution in [0.15, 0.2) is 36.5 Å². The summed E-state index contributed by atoms with van der Waals surface area (Å²) in [6, 6.07) is 0. The summed E-state index contributed by atoms with van der Waals surface area (Å²) in [6.07, 6.45) is 49.0. The lowest BCUT2D eigenvalue weighted by Crippen LogP contribution is -2.33. The first-order valence-electron chi connectivity index (χ1n) is 21.6. The average molecular weight is 700 g/mol. The SMILES string of the molecule is CCCC/C=C\C/C=C\CCCCCCCCC1(CCCCCCCC/C=C\CCCCCCC)O[C@H]2CC(OC(=O)CCN(C)C)C[C@H]2O1. The fourth-order valence-corrected chi connectivity index (χ4v) is 7.42. The molecular weight excluding hydrogens is 618 g/mol. The van der Waals surface area contributed by atoms with Gasteiger partial charge in [-0.05, 0) is 78.3 Å². The molecule has 2 rings (SSSR count). The number of carbonyl (C=O) groups is 1. The van der Waals surface area contributed by atoms with Crippen LogP contribution in [0.5, 0.6) is 0 Å². The molecule has 0 N–H and O–H groups in total. The molecule has 1 heterocycles. The Labute approximate surface area is 310 Å². The maximum Gasteiger partial charge on any atom is 0.307 e. The van der Waals surface area contributed by atoms with Crippen LogP contribution in [0.25, 0.3) is 0 Å². The second kappa shape index (κ2) is 30.1. The molecule has 1 aliphatic carbocycles. The number of ether oxygens (including phenoxy) is 3. The van der Waals surface area contributed by atoms with E-state index >= 15 is 0 Å². The third kappa shape index (κ3) is 22.5. The molecule has 5 nitrogen and oxygen atoms in total. The summed E-state index contributed by atoms with van der Waals surface area (Å²) in [5.74, 6) is -0.540. The van der Waals surface area contributed by atoms with Crippen molar-refractivity contribution in [2.45, 2.75) is 224 Å². The van der Waals surface area contributed by atoms with Gasteiger partial charge in [0.05, 0.1) is 18.6 Å². The normalized spacial score (nSPS) is 22.2. The molecule has 0 aromatic heterocycles. The Hall–Kier alpha value is -1.43. The van der Waals surface area contributed by atoms with E-state index in [0.29, 0.717) is 6.42 Å². The predicted octanol–water partition coefficient (Wildman–Crippen LogP) is 13.0. The van der Waals surface area contributed by atoms with Gasteiger partial charge in [-0.15, -0.1) is 0 Å². The molecule has 5 heteroatoms. The van der Waals surface area contributed by atoms with Gasteiger partial charge in [-0.2, -0.15) is 0 Å². The van der Waals surface area contributed by atoms with Crippen LogP contribution in [0.2, 0.25) is 0 Å². The van der Waals surface area contributed by atoms with E-state index in [9.17, 15) is 4.79 Å². The smallest absolute Gasteiger partial charge is 0.307 e. The monoisotopic (exact) mass is 700 g/mol. The Kier molecular flexibility index (Phi) is 26.9. The van der Waals surface area contributed by atoms with Crippen molar-refractivity contribution in [2.75, 3.05) is 20.6 Å². The van der Waals surface area contributed by atoms with E-state index in [-0.39, 0.29) is 24.3 Å². The highest BCUT2D eigenvalue weighted by Gasteiger charge is 2.52. The fraction of sp³-hybridized carbons (Fsp3) is 0.844. The van der Waals surface area contributed by atoms with Gasteiger partial charge < -0.3 is 19.1 Å². The van der Waals surface area contributed by atoms with Crippen LogP contribution in [0.1, 0.15) is 200 Å². The highest BCUT2D eigenvalue weighted by Crippen LogP contribution is 2.44. The third-order valence-electron chi connectivity index (χ3n) is 10.5. The minimum absolute atomic E-state index is 0.0610. The Morgan fingerprint density at radius 3 is 1.50 bits per heavy atom. The molecule has 1 saturated carbocycles. The van der Waals surface area contributed by atoms with Crippen LogP contribution in [0, 0.1) is 0 Å². The molecule has 0 spiro atoms. The van der Waals surface area contributed by atoms with Gasteiger partial charge in [-0.1, -0.05) is 140 Å². The first-order valence-corrected chi connectivity index (χ1v) is 21.6. The summed E-state index contributed by atoms with van der Waals surface area (Å²) in [5, 5.41) is 0. The summed E-state index contributed by atoms with van der Waals surface area (Å²) < 4.78 is 19.4. The van der Waals surface area contributed by atoms with E-state index in [1.165, 1.54) is 148 Å². The molecule has 0 aromatic carbocycles. The zero-order valence-electron chi connectivity index (χ0n) is 33.5. The fourth-order valence-electron chi connectivity index (χ4n) is 7.42. The van der Waals surface area contributed by atoms with Crippen molar-refractivity contribution in [1.82, 2.24) is 4.90 Å². The van der Waals surface area contributed by atoms with E-state index in [0.717, 1.165) is 38.6 Å². The van der Waals surface area contributed by atoms with Crippen LogP contribution < -0.4 is 0 Å². The summed E-state index contributed by atoms with van der Waals surface area (Å²) in [5.41, 5.74) is 0. The summed E-state index contributed by atoms with van der Waals surface area (Å²) in [6.45, 7) is 5.25. The highest BCUT2D eigenvalue weighted by atomic mass is 16.8. The van der Waals surface area contributed by atoms with Crippen LogP contribution in [-0.2, 0) is 19.0 Å². The van der Waals surface area contributed by atoms with Gasteiger partial charge in [0.25, 0.3) is 0 Å². The molecule has 2 unspecified atom stereocenters. The second-order valence-corrected chi connectivity index (χ2v) is 15.7. The minimum atomic E-state index is -0.438. The lowest BCUT2D eigenvalue weighted by molar-refractivity contribution is -0.196. The van der Waals surface area contributed by atoms with E-state index in [4.69, 9.17) is 14.2 Å². The van der Waals surface area contributed by atoms with Crippen LogP contribution in [0.4, 0.5) is 0 Å². The Morgan fingerprint density at radius 1 is 0.600 bits per heavy atom. The quantitative estimate of drug-likeness (QED) is 0.0388. The van der Waals surface area contributed by atoms with Crippen LogP contribution >= 0.6 is 0 Å². The Balaban J connectivity index is 1.64. The topological polar surface area (TPSA) is 48.0 Å². The minimum Gasteiger partial charge on any atom is -0.462 e. The Morgan fingerprint density at radius 2 is 1.02 bits per heavy atom. The van der Waals surface area contributed by atoms with Crippen molar-refractivity contribution < 1.29 is 19.0 Å². The molecule has 4 atom stereocenters. The van der Waals surface area contributed by atoms with Gasteiger partial charge in [0.15, 0.2) is 5.79 Å². The highest BCUT2D eigenvalue weighted by molar-refractivity contribution is 5.69. The molecule has 0 aromatic rings. The number of hydrogen-bond donors (Lipinski definition) is 0. The zero-order chi connectivity index (χ0) is 36.0. The maximum absolute atomic E-state index is 12.3. The van der Waals surface area contributed by atoms with Gasteiger partial charge in [-0.25, -0.2) is 0 Å². The van der Waals surface area contributed by atoms with Gasteiger partial charge >= 0.3 is 5.97 Å². The standard InChI is InChI=1S/C45H81NO4/c1-5-7-9-11-13-15-17-19-21-23-25-27-29-31-33-36-45(37-34-32-30-28-26-24-22-20-18-16-14-12-10-8-6-2)49-42-39-41(40-43(42)50-45)48-44(47)35-38-46(3)4/h11,13,17-20,41-43H,5-10,12,14-16,21-40H2,1-4H3/b13-11-,19-17-,20-18-/t41?,42-,43+,45?. The van der Waals surface area contributed by atoms with Crippen molar-refractivity contribution >= 4 is 5.97 Å². The summed E-state index contributed by atoms with van der Waals surface area (Å²) in [4.78, 5) is 14.4. The van der Waals surface area contributed by atoms with E-state index in [1.807, 2.05) is 19.0 Å².